The molecule has 0 unspecified atom stereocenters. The fourth-order valence-electron chi connectivity index (χ4n) is 1.71. The Balaban J connectivity index is 2.59. The summed E-state index contributed by atoms with van der Waals surface area (Å²) in [6, 6.07) is 0. The zero-order valence-corrected chi connectivity index (χ0v) is 11.0. The molecular weight excluding hydrogens is 238 g/mol. The molecule has 94 valence electrons. The number of aromatic nitrogens is 2. The smallest absolute Gasteiger partial charge is 0.228 e. The largest absolute Gasteiger partial charge is 0.309 e. The van der Waals surface area contributed by atoms with Crippen LogP contribution in [0.15, 0.2) is 12.4 Å². The van der Waals surface area contributed by atoms with Gasteiger partial charge in [0.15, 0.2) is 5.82 Å². The summed E-state index contributed by atoms with van der Waals surface area (Å²) in [4.78, 5) is 19.8. The van der Waals surface area contributed by atoms with Crippen molar-refractivity contribution in [2.24, 2.45) is 5.92 Å². The van der Waals surface area contributed by atoms with Gasteiger partial charge in [-0.3, -0.25) is 4.79 Å². The molecule has 0 aromatic carbocycles. The number of hydrogen-bond acceptors (Lipinski definition) is 3. The first-order valence-corrected chi connectivity index (χ1v) is 6.33. The number of nitrogens with zero attached hydrogens (tertiary/aromatic N) is 2. The van der Waals surface area contributed by atoms with Crippen LogP contribution >= 0.6 is 11.6 Å². The lowest BCUT2D eigenvalue weighted by atomic mass is 9.97. The molecular formula is C12H18ClN3O. The quantitative estimate of drug-likeness (QED) is 0.849. The zero-order chi connectivity index (χ0) is 12.7. The van der Waals surface area contributed by atoms with Crippen molar-refractivity contribution in [3.05, 3.63) is 17.5 Å². The van der Waals surface area contributed by atoms with Crippen molar-refractivity contribution in [2.45, 2.75) is 39.5 Å². The maximum Gasteiger partial charge on any atom is 0.228 e. The molecule has 5 heteroatoms. The van der Waals surface area contributed by atoms with Crippen LogP contribution in [0.2, 0.25) is 5.15 Å². The van der Waals surface area contributed by atoms with E-state index in [0.29, 0.717) is 11.0 Å². The molecule has 1 aromatic heterocycles. The molecule has 0 saturated carbocycles. The van der Waals surface area contributed by atoms with E-state index in [2.05, 4.69) is 29.1 Å². The predicted molar refractivity (Wildman–Crippen MR) is 69.0 cm³/mol. The van der Waals surface area contributed by atoms with Crippen molar-refractivity contribution in [1.29, 1.82) is 0 Å². The predicted octanol–water partition coefficient (Wildman–Crippen LogP) is 3.28. The second-order valence-corrected chi connectivity index (χ2v) is 4.38. The minimum absolute atomic E-state index is 0.0188. The average molecular weight is 256 g/mol. The topological polar surface area (TPSA) is 54.9 Å². The lowest BCUT2D eigenvalue weighted by Gasteiger charge is -2.14. The molecule has 17 heavy (non-hydrogen) atoms. The fourth-order valence-corrected chi connectivity index (χ4v) is 1.81. The Bertz CT molecular complexity index is 347. The van der Waals surface area contributed by atoms with Crippen molar-refractivity contribution >= 4 is 23.3 Å². The molecule has 0 atom stereocenters. The Kier molecular flexibility index (Phi) is 5.91. The highest BCUT2D eigenvalue weighted by molar-refractivity contribution is 6.29. The third-order valence-corrected chi connectivity index (χ3v) is 2.71. The summed E-state index contributed by atoms with van der Waals surface area (Å²) in [5.41, 5.74) is 0. The van der Waals surface area contributed by atoms with Crippen LogP contribution in [0.4, 0.5) is 5.82 Å². The van der Waals surface area contributed by atoms with Gasteiger partial charge in [0, 0.05) is 5.92 Å². The van der Waals surface area contributed by atoms with Gasteiger partial charge in [0.1, 0.15) is 5.15 Å². The van der Waals surface area contributed by atoms with Crippen molar-refractivity contribution in [3.8, 4) is 0 Å². The van der Waals surface area contributed by atoms with Crippen LogP contribution in [0.3, 0.4) is 0 Å². The number of amides is 1. The van der Waals surface area contributed by atoms with E-state index in [1.165, 1.54) is 12.4 Å². The average Bonchev–Trinajstić information content (AvgIpc) is 2.32. The number of carbonyl (C=O) groups excluding carboxylic acids is 1. The van der Waals surface area contributed by atoms with E-state index in [-0.39, 0.29) is 11.8 Å². The van der Waals surface area contributed by atoms with Crippen LogP contribution in [0.5, 0.6) is 0 Å². The van der Waals surface area contributed by atoms with Crippen molar-refractivity contribution in [1.82, 2.24) is 9.97 Å². The lowest BCUT2D eigenvalue weighted by molar-refractivity contribution is -0.120. The van der Waals surface area contributed by atoms with E-state index in [0.717, 1.165) is 25.7 Å². The Morgan fingerprint density at radius 3 is 2.41 bits per heavy atom. The Hall–Kier alpha value is -1.16. The van der Waals surface area contributed by atoms with Gasteiger partial charge in [0.05, 0.1) is 12.4 Å². The summed E-state index contributed by atoms with van der Waals surface area (Å²) in [6.07, 6.45) is 6.71. The number of halogens is 1. The molecule has 0 radical (unpaired) electrons. The van der Waals surface area contributed by atoms with E-state index >= 15 is 0 Å². The van der Waals surface area contributed by atoms with Gasteiger partial charge in [0.25, 0.3) is 0 Å². The first kappa shape index (κ1) is 13.9. The summed E-state index contributed by atoms with van der Waals surface area (Å²) in [7, 11) is 0. The number of anilines is 1. The molecule has 0 aliphatic rings. The van der Waals surface area contributed by atoms with Gasteiger partial charge in [-0.1, -0.05) is 38.3 Å². The van der Waals surface area contributed by atoms with E-state index in [1.807, 2.05) is 0 Å². The van der Waals surface area contributed by atoms with Crippen molar-refractivity contribution in [2.75, 3.05) is 5.32 Å². The summed E-state index contributed by atoms with van der Waals surface area (Å²) in [5, 5.41) is 3.09. The minimum Gasteiger partial charge on any atom is -0.309 e. The Morgan fingerprint density at radius 1 is 1.29 bits per heavy atom. The van der Waals surface area contributed by atoms with Crippen molar-refractivity contribution < 1.29 is 4.79 Å². The molecule has 0 bridgehead atoms. The molecule has 1 N–H and O–H groups in total. The monoisotopic (exact) mass is 255 g/mol. The van der Waals surface area contributed by atoms with Crippen molar-refractivity contribution in [3.63, 3.8) is 0 Å². The number of carbonyl (C=O) groups is 1. The molecule has 0 saturated heterocycles. The maximum atomic E-state index is 12.0. The molecule has 4 nitrogen and oxygen atoms in total. The molecule has 1 heterocycles. The first-order chi connectivity index (χ1) is 8.17. The van der Waals surface area contributed by atoms with Gasteiger partial charge in [-0.25, -0.2) is 9.97 Å². The number of rotatable bonds is 6. The maximum absolute atomic E-state index is 12.0. The van der Waals surface area contributed by atoms with E-state index in [1.54, 1.807) is 0 Å². The number of nitrogens with one attached hydrogen (secondary N) is 1. The first-order valence-electron chi connectivity index (χ1n) is 5.95. The fraction of sp³-hybridized carbons (Fsp3) is 0.583. The van der Waals surface area contributed by atoms with Gasteiger partial charge in [-0.15, -0.1) is 0 Å². The van der Waals surface area contributed by atoms with Crippen LogP contribution in [0.25, 0.3) is 0 Å². The second-order valence-electron chi connectivity index (χ2n) is 3.99. The standard InChI is InChI=1S/C12H18ClN3O/c1-3-5-9(6-4-2)12(17)16-11-8-14-10(13)7-15-11/h7-9H,3-6H2,1-2H3,(H,15,16,17). The number of hydrogen-bond donors (Lipinski definition) is 1. The molecule has 1 aromatic rings. The van der Waals surface area contributed by atoms with E-state index in [4.69, 9.17) is 11.6 Å². The van der Waals surface area contributed by atoms with Gasteiger partial charge < -0.3 is 5.32 Å². The molecule has 0 aliphatic heterocycles. The van der Waals surface area contributed by atoms with Crippen LogP contribution in [-0.4, -0.2) is 15.9 Å². The third-order valence-electron chi connectivity index (χ3n) is 2.52. The van der Waals surface area contributed by atoms with Crippen LogP contribution < -0.4 is 5.32 Å². The van der Waals surface area contributed by atoms with Gasteiger partial charge in [-0.2, -0.15) is 0 Å². The molecule has 0 spiro atoms. The van der Waals surface area contributed by atoms with Crippen LogP contribution in [0, 0.1) is 5.92 Å². The molecule has 1 rings (SSSR count). The molecule has 0 aliphatic carbocycles. The summed E-state index contributed by atoms with van der Waals surface area (Å²) in [6.45, 7) is 4.16. The summed E-state index contributed by atoms with van der Waals surface area (Å²) >= 11 is 5.62. The third kappa shape index (κ3) is 4.69. The van der Waals surface area contributed by atoms with Gasteiger partial charge >= 0.3 is 0 Å². The highest BCUT2D eigenvalue weighted by Crippen LogP contribution is 2.16. The van der Waals surface area contributed by atoms with Crippen LogP contribution in [-0.2, 0) is 4.79 Å². The summed E-state index contributed by atoms with van der Waals surface area (Å²) in [5.74, 6) is 0.532. The molecule has 1 amide bonds. The highest BCUT2D eigenvalue weighted by Gasteiger charge is 2.16. The highest BCUT2D eigenvalue weighted by atomic mass is 35.5. The SMILES string of the molecule is CCCC(CCC)C(=O)Nc1cnc(Cl)cn1. The Labute approximate surface area is 107 Å². The van der Waals surface area contributed by atoms with E-state index < -0.39 is 0 Å². The van der Waals surface area contributed by atoms with Gasteiger partial charge in [0.2, 0.25) is 5.91 Å². The second kappa shape index (κ2) is 7.22. The summed E-state index contributed by atoms with van der Waals surface area (Å²) < 4.78 is 0. The van der Waals surface area contributed by atoms with Crippen LogP contribution in [0.1, 0.15) is 39.5 Å². The van der Waals surface area contributed by atoms with E-state index in [9.17, 15) is 4.79 Å². The molecule has 0 fully saturated rings. The van der Waals surface area contributed by atoms with Gasteiger partial charge in [-0.05, 0) is 12.8 Å². The zero-order valence-electron chi connectivity index (χ0n) is 10.2. The normalized spacial score (nSPS) is 10.6. The minimum atomic E-state index is 0.0188. The lowest BCUT2D eigenvalue weighted by Crippen LogP contribution is -2.23. The Morgan fingerprint density at radius 2 is 1.94 bits per heavy atom.